The van der Waals surface area contributed by atoms with E-state index in [9.17, 15) is 14.4 Å². The smallest absolute Gasteiger partial charge is 0.345 e. The zero-order valence-electron chi connectivity index (χ0n) is 12.0. The van der Waals surface area contributed by atoms with Crippen LogP contribution in [-0.2, 0) is 19.1 Å². The van der Waals surface area contributed by atoms with E-state index in [0.29, 0.717) is 11.3 Å². The summed E-state index contributed by atoms with van der Waals surface area (Å²) in [5, 5.41) is 11.7. The van der Waals surface area contributed by atoms with Gasteiger partial charge in [0.15, 0.2) is 0 Å². The van der Waals surface area contributed by atoms with Crippen LogP contribution >= 0.6 is 0 Å². The molecule has 21 heavy (non-hydrogen) atoms. The quantitative estimate of drug-likeness (QED) is 0.375. The van der Waals surface area contributed by atoms with Crippen molar-refractivity contribution in [3.05, 3.63) is 35.4 Å². The summed E-state index contributed by atoms with van der Waals surface area (Å²) in [7, 11) is 0. The summed E-state index contributed by atoms with van der Waals surface area (Å²) in [5.41, 5.74) is 0.652. The molecule has 0 unspecified atom stereocenters. The average molecular weight is 291 g/mol. The predicted octanol–water partition coefficient (Wildman–Crippen LogP) is 2.06. The third kappa shape index (κ3) is 5.48. The van der Waals surface area contributed by atoms with E-state index in [0.717, 1.165) is 0 Å². The van der Waals surface area contributed by atoms with Crippen molar-refractivity contribution in [2.24, 2.45) is 0 Å². The molecule has 0 aromatic heterocycles. The number of amides is 1. The molecule has 0 aliphatic rings. The number of esters is 1. The van der Waals surface area contributed by atoms with E-state index in [1.54, 1.807) is 38.1 Å². The highest BCUT2D eigenvalue weighted by Gasteiger charge is 2.20. The summed E-state index contributed by atoms with van der Waals surface area (Å²) in [5.74, 6) is -2.44. The van der Waals surface area contributed by atoms with E-state index in [-0.39, 0.29) is 5.91 Å². The number of benzene rings is 1. The molecule has 0 fully saturated rings. The normalized spacial score (nSPS) is 11.1. The summed E-state index contributed by atoms with van der Waals surface area (Å²) in [6.07, 6.45) is 0.826. The molecule has 0 radical (unpaired) electrons. The Labute approximate surface area is 122 Å². The first-order chi connectivity index (χ1) is 9.79. The van der Waals surface area contributed by atoms with Gasteiger partial charge in [0.1, 0.15) is 5.57 Å². The van der Waals surface area contributed by atoms with Gasteiger partial charge in [-0.2, -0.15) is 0 Å². The summed E-state index contributed by atoms with van der Waals surface area (Å²) in [6, 6.07) is 6.41. The number of carboxylic acid groups (broad SMARTS) is 1. The molecule has 0 aliphatic carbocycles. The number of anilines is 1. The minimum Gasteiger partial charge on any atom is -0.477 e. The molecule has 0 spiro atoms. The lowest BCUT2D eigenvalue weighted by Crippen LogP contribution is -2.18. The highest BCUT2D eigenvalue weighted by Crippen LogP contribution is 2.14. The fourth-order valence-electron chi connectivity index (χ4n) is 1.52. The maximum absolute atomic E-state index is 11.7. The number of carboxylic acids is 1. The maximum atomic E-state index is 11.7. The number of ether oxygens (including phenoxy) is 1. The Balaban J connectivity index is 2.98. The van der Waals surface area contributed by atoms with Crippen LogP contribution in [0.5, 0.6) is 0 Å². The molecular weight excluding hydrogens is 274 g/mol. The molecule has 6 nitrogen and oxygen atoms in total. The van der Waals surface area contributed by atoms with E-state index >= 15 is 0 Å². The Morgan fingerprint density at radius 3 is 2.19 bits per heavy atom. The van der Waals surface area contributed by atoms with Crippen LogP contribution in [0.4, 0.5) is 5.69 Å². The minimum atomic E-state index is -1.36. The van der Waals surface area contributed by atoms with Gasteiger partial charge in [-0.1, -0.05) is 12.1 Å². The van der Waals surface area contributed by atoms with Gasteiger partial charge in [-0.3, -0.25) is 4.79 Å². The van der Waals surface area contributed by atoms with Crippen molar-refractivity contribution >= 4 is 29.6 Å². The van der Waals surface area contributed by atoms with Crippen LogP contribution in [-0.4, -0.2) is 29.1 Å². The number of nitrogens with one attached hydrogen (secondary N) is 1. The van der Waals surface area contributed by atoms with Crippen molar-refractivity contribution in [1.29, 1.82) is 0 Å². The molecule has 1 aromatic rings. The molecule has 0 saturated carbocycles. The van der Waals surface area contributed by atoms with Gasteiger partial charge in [-0.15, -0.1) is 0 Å². The highest BCUT2D eigenvalue weighted by molar-refractivity contribution is 6.17. The number of rotatable bonds is 5. The second kappa shape index (κ2) is 7.23. The van der Waals surface area contributed by atoms with Gasteiger partial charge in [0.2, 0.25) is 5.91 Å². The topological polar surface area (TPSA) is 92.7 Å². The molecule has 0 atom stereocenters. The minimum absolute atomic E-state index is 0.204. The lowest BCUT2D eigenvalue weighted by atomic mass is 10.1. The number of hydrogen-bond donors (Lipinski definition) is 2. The molecule has 0 bridgehead atoms. The lowest BCUT2D eigenvalue weighted by Gasteiger charge is -2.08. The van der Waals surface area contributed by atoms with Crippen LogP contribution in [0.1, 0.15) is 26.3 Å². The van der Waals surface area contributed by atoms with Crippen molar-refractivity contribution in [3.8, 4) is 0 Å². The van der Waals surface area contributed by atoms with Gasteiger partial charge < -0.3 is 15.2 Å². The van der Waals surface area contributed by atoms with Gasteiger partial charge in [-0.05, 0) is 37.6 Å². The fraction of sp³-hybridized carbons (Fsp3) is 0.267. The molecule has 1 rings (SSSR count). The molecule has 2 N–H and O–H groups in total. The molecule has 0 aliphatic heterocycles. The Morgan fingerprint density at radius 2 is 1.76 bits per heavy atom. The van der Waals surface area contributed by atoms with E-state index in [1.165, 1.54) is 13.0 Å². The largest absolute Gasteiger partial charge is 0.477 e. The zero-order valence-corrected chi connectivity index (χ0v) is 12.0. The van der Waals surface area contributed by atoms with Crippen molar-refractivity contribution in [2.45, 2.75) is 26.9 Å². The summed E-state index contributed by atoms with van der Waals surface area (Å²) in [4.78, 5) is 33.7. The number of hydrogen-bond acceptors (Lipinski definition) is 4. The van der Waals surface area contributed by atoms with Gasteiger partial charge in [0.05, 0.1) is 6.10 Å². The molecule has 0 heterocycles. The second-order valence-electron chi connectivity index (χ2n) is 4.62. The van der Waals surface area contributed by atoms with E-state index < -0.39 is 23.6 Å². The number of aliphatic carboxylic acids is 1. The molecular formula is C15H17NO5. The molecule has 0 saturated heterocycles. The number of carbonyl (C=O) groups excluding carboxylic acids is 2. The van der Waals surface area contributed by atoms with E-state index in [1.807, 2.05) is 0 Å². The van der Waals surface area contributed by atoms with Gasteiger partial charge >= 0.3 is 11.9 Å². The summed E-state index contributed by atoms with van der Waals surface area (Å²) >= 11 is 0. The van der Waals surface area contributed by atoms with Crippen molar-refractivity contribution < 1.29 is 24.2 Å². The van der Waals surface area contributed by atoms with Gasteiger partial charge in [-0.25, -0.2) is 9.59 Å². The number of carbonyl (C=O) groups is 3. The molecule has 1 amide bonds. The van der Waals surface area contributed by atoms with Crippen LogP contribution in [0.2, 0.25) is 0 Å². The van der Waals surface area contributed by atoms with Crippen LogP contribution < -0.4 is 5.32 Å². The van der Waals surface area contributed by atoms with E-state index in [2.05, 4.69) is 5.32 Å². The van der Waals surface area contributed by atoms with Crippen molar-refractivity contribution in [2.75, 3.05) is 5.32 Å². The molecule has 112 valence electrons. The van der Waals surface area contributed by atoms with Gasteiger partial charge in [0, 0.05) is 12.6 Å². The van der Waals surface area contributed by atoms with E-state index in [4.69, 9.17) is 9.84 Å². The summed E-state index contributed by atoms with van der Waals surface area (Å²) in [6.45, 7) is 4.66. The Morgan fingerprint density at radius 1 is 1.19 bits per heavy atom. The lowest BCUT2D eigenvalue weighted by molar-refractivity contribution is -0.146. The highest BCUT2D eigenvalue weighted by atomic mass is 16.5. The Hall–Kier alpha value is -2.63. The first-order valence-corrected chi connectivity index (χ1v) is 6.33. The van der Waals surface area contributed by atoms with Crippen LogP contribution in [0, 0.1) is 0 Å². The first-order valence-electron chi connectivity index (χ1n) is 6.33. The average Bonchev–Trinajstić information content (AvgIpc) is 2.35. The first kappa shape index (κ1) is 16.4. The van der Waals surface area contributed by atoms with Crippen LogP contribution in [0.15, 0.2) is 29.8 Å². The standard InChI is InChI=1S/C15H17NO5/c1-9(2)21-15(20)13(14(18)19)8-11-4-6-12(7-5-11)16-10(3)17/h4-9H,1-3H3,(H,16,17)(H,18,19). The van der Waals surface area contributed by atoms with Crippen LogP contribution in [0.25, 0.3) is 6.08 Å². The zero-order chi connectivity index (χ0) is 16.0. The predicted molar refractivity (Wildman–Crippen MR) is 77.6 cm³/mol. The SMILES string of the molecule is CC(=O)Nc1ccc(C=C(C(=O)O)C(=O)OC(C)C)cc1. The monoisotopic (exact) mass is 291 g/mol. The van der Waals surface area contributed by atoms with Crippen molar-refractivity contribution in [3.63, 3.8) is 0 Å². The second-order valence-corrected chi connectivity index (χ2v) is 4.62. The van der Waals surface area contributed by atoms with Crippen LogP contribution in [0.3, 0.4) is 0 Å². The van der Waals surface area contributed by atoms with Crippen molar-refractivity contribution in [1.82, 2.24) is 0 Å². The Kier molecular flexibility index (Phi) is 5.66. The molecule has 6 heteroatoms. The summed E-state index contributed by atoms with van der Waals surface area (Å²) < 4.78 is 4.88. The fourth-order valence-corrected chi connectivity index (χ4v) is 1.52. The maximum Gasteiger partial charge on any atom is 0.345 e. The third-order valence-electron chi connectivity index (χ3n) is 2.34. The Bertz CT molecular complexity index is 572. The van der Waals surface area contributed by atoms with Gasteiger partial charge in [0.25, 0.3) is 0 Å². The molecule has 1 aromatic carbocycles. The third-order valence-corrected chi connectivity index (χ3v) is 2.34.